The zero-order valence-electron chi connectivity index (χ0n) is 10.6. The molecule has 0 bridgehead atoms. The molecule has 0 aromatic heterocycles. The van der Waals surface area contributed by atoms with E-state index in [1.54, 1.807) is 25.3 Å². The number of nitrogens with one attached hydrogen (secondary N) is 1. The van der Waals surface area contributed by atoms with Crippen LogP contribution >= 0.6 is 12.4 Å². The molecule has 0 saturated heterocycles. The van der Waals surface area contributed by atoms with Crippen LogP contribution in [0.2, 0.25) is 0 Å². The van der Waals surface area contributed by atoms with Gasteiger partial charge in [-0.3, -0.25) is 4.79 Å². The van der Waals surface area contributed by atoms with E-state index < -0.39 is 0 Å². The SMILES string of the molecule is CCCOCC(=O)Nc1cc(OC)ccc1N.Cl. The molecule has 1 rings (SSSR count). The number of nitrogens with two attached hydrogens (primary N) is 1. The van der Waals surface area contributed by atoms with Gasteiger partial charge in [-0.15, -0.1) is 12.4 Å². The quantitative estimate of drug-likeness (QED) is 0.615. The van der Waals surface area contributed by atoms with Gasteiger partial charge in [0, 0.05) is 12.7 Å². The van der Waals surface area contributed by atoms with Gasteiger partial charge in [0.2, 0.25) is 5.91 Å². The molecule has 0 heterocycles. The van der Waals surface area contributed by atoms with Gasteiger partial charge >= 0.3 is 0 Å². The van der Waals surface area contributed by atoms with Crippen molar-refractivity contribution >= 4 is 29.7 Å². The van der Waals surface area contributed by atoms with E-state index in [1.807, 2.05) is 6.92 Å². The molecule has 0 spiro atoms. The summed E-state index contributed by atoms with van der Waals surface area (Å²) >= 11 is 0. The van der Waals surface area contributed by atoms with E-state index in [0.29, 0.717) is 23.7 Å². The Morgan fingerprint density at radius 1 is 1.44 bits per heavy atom. The summed E-state index contributed by atoms with van der Waals surface area (Å²) in [6.45, 7) is 2.59. The van der Waals surface area contributed by atoms with Gasteiger partial charge in [0.1, 0.15) is 12.4 Å². The van der Waals surface area contributed by atoms with Crippen LogP contribution in [0.5, 0.6) is 5.75 Å². The van der Waals surface area contributed by atoms with Crippen LogP contribution in [0.1, 0.15) is 13.3 Å². The fourth-order valence-electron chi connectivity index (χ4n) is 1.27. The van der Waals surface area contributed by atoms with Gasteiger partial charge in [-0.1, -0.05) is 6.92 Å². The second kappa shape index (κ2) is 8.60. The lowest BCUT2D eigenvalue weighted by Gasteiger charge is -2.10. The van der Waals surface area contributed by atoms with Crippen molar-refractivity contribution in [1.29, 1.82) is 0 Å². The van der Waals surface area contributed by atoms with Crippen LogP contribution < -0.4 is 15.8 Å². The molecular formula is C12H19ClN2O3. The highest BCUT2D eigenvalue weighted by Gasteiger charge is 2.06. The summed E-state index contributed by atoms with van der Waals surface area (Å²) in [6, 6.07) is 5.09. The van der Waals surface area contributed by atoms with E-state index in [9.17, 15) is 4.79 Å². The number of carbonyl (C=O) groups is 1. The van der Waals surface area contributed by atoms with Crippen molar-refractivity contribution in [3.63, 3.8) is 0 Å². The second-order valence-electron chi connectivity index (χ2n) is 3.55. The largest absolute Gasteiger partial charge is 0.497 e. The van der Waals surface area contributed by atoms with E-state index in [1.165, 1.54) is 0 Å². The van der Waals surface area contributed by atoms with Crippen LogP contribution in [-0.2, 0) is 9.53 Å². The lowest BCUT2D eigenvalue weighted by Crippen LogP contribution is -2.19. The van der Waals surface area contributed by atoms with Gasteiger partial charge < -0.3 is 20.5 Å². The summed E-state index contributed by atoms with van der Waals surface area (Å²) in [5, 5.41) is 2.67. The number of rotatable bonds is 6. The van der Waals surface area contributed by atoms with Crippen molar-refractivity contribution < 1.29 is 14.3 Å². The molecule has 0 aliphatic rings. The third-order valence-corrected chi connectivity index (χ3v) is 2.12. The van der Waals surface area contributed by atoms with Crippen LogP contribution in [0.15, 0.2) is 18.2 Å². The number of amides is 1. The molecule has 0 radical (unpaired) electrons. The third-order valence-electron chi connectivity index (χ3n) is 2.12. The molecule has 1 aromatic carbocycles. The van der Waals surface area contributed by atoms with Crippen LogP contribution in [0.25, 0.3) is 0 Å². The summed E-state index contributed by atoms with van der Waals surface area (Å²) in [7, 11) is 1.56. The summed E-state index contributed by atoms with van der Waals surface area (Å²) in [5.74, 6) is 0.419. The Kier molecular flexibility index (Phi) is 7.91. The summed E-state index contributed by atoms with van der Waals surface area (Å²) in [6.07, 6.45) is 0.884. The minimum atomic E-state index is -0.224. The van der Waals surface area contributed by atoms with Gasteiger partial charge in [0.05, 0.1) is 18.5 Å². The molecule has 0 aliphatic heterocycles. The highest BCUT2D eigenvalue weighted by molar-refractivity contribution is 5.94. The molecule has 5 nitrogen and oxygen atoms in total. The van der Waals surface area contributed by atoms with Crippen LogP contribution in [0.3, 0.4) is 0 Å². The zero-order chi connectivity index (χ0) is 12.7. The highest BCUT2D eigenvalue weighted by atomic mass is 35.5. The third kappa shape index (κ3) is 5.25. The predicted molar refractivity (Wildman–Crippen MR) is 74.4 cm³/mol. The zero-order valence-corrected chi connectivity index (χ0v) is 11.4. The predicted octanol–water partition coefficient (Wildman–Crippen LogP) is 2.06. The number of hydrogen-bond donors (Lipinski definition) is 2. The van der Waals surface area contributed by atoms with Gasteiger partial charge in [-0.05, 0) is 18.6 Å². The van der Waals surface area contributed by atoms with Crippen molar-refractivity contribution in [2.45, 2.75) is 13.3 Å². The molecule has 1 amide bonds. The van der Waals surface area contributed by atoms with Crippen molar-refractivity contribution in [2.75, 3.05) is 31.4 Å². The first-order chi connectivity index (χ1) is 8.17. The standard InChI is InChI=1S/C12H18N2O3.ClH/c1-3-6-17-8-12(15)14-11-7-9(16-2)4-5-10(11)13;/h4-5,7H,3,6,8,13H2,1-2H3,(H,14,15);1H. The Hall–Kier alpha value is -1.46. The van der Waals surface area contributed by atoms with E-state index in [0.717, 1.165) is 6.42 Å². The average molecular weight is 275 g/mol. The Morgan fingerprint density at radius 2 is 2.17 bits per heavy atom. The van der Waals surface area contributed by atoms with E-state index in [2.05, 4.69) is 5.32 Å². The summed E-state index contributed by atoms with van der Waals surface area (Å²) in [5.41, 5.74) is 6.77. The molecule has 0 atom stereocenters. The molecule has 0 aliphatic carbocycles. The average Bonchev–Trinajstić information content (AvgIpc) is 2.32. The molecule has 6 heteroatoms. The second-order valence-corrected chi connectivity index (χ2v) is 3.55. The fraction of sp³-hybridized carbons (Fsp3) is 0.417. The molecule has 102 valence electrons. The topological polar surface area (TPSA) is 73.6 Å². The van der Waals surface area contributed by atoms with Gasteiger partial charge in [-0.2, -0.15) is 0 Å². The van der Waals surface area contributed by atoms with Crippen LogP contribution in [0, 0.1) is 0 Å². The normalized spacial score (nSPS) is 9.44. The maximum atomic E-state index is 11.5. The number of halogens is 1. The number of ether oxygens (including phenoxy) is 2. The Balaban J connectivity index is 0.00000289. The van der Waals surface area contributed by atoms with E-state index >= 15 is 0 Å². The van der Waals surface area contributed by atoms with Crippen LogP contribution in [0.4, 0.5) is 11.4 Å². The summed E-state index contributed by atoms with van der Waals surface area (Å²) < 4.78 is 10.2. The Labute approximate surface area is 113 Å². The maximum Gasteiger partial charge on any atom is 0.250 e. The number of carbonyl (C=O) groups excluding carboxylic acids is 1. The Bertz CT molecular complexity index is 386. The van der Waals surface area contributed by atoms with E-state index in [-0.39, 0.29) is 24.9 Å². The molecule has 18 heavy (non-hydrogen) atoms. The van der Waals surface area contributed by atoms with Gasteiger partial charge in [0.15, 0.2) is 0 Å². The van der Waals surface area contributed by atoms with E-state index in [4.69, 9.17) is 15.2 Å². The Morgan fingerprint density at radius 3 is 2.78 bits per heavy atom. The first-order valence-electron chi connectivity index (χ1n) is 5.48. The maximum absolute atomic E-state index is 11.5. The van der Waals surface area contributed by atoms with Crippen molar-refractivity contribution in [3.05, 3.63) is 18.2 Å². The fourth-order valence-corrected chi connectivity index (χ4v) is 1.27. The van der Waals surface area contributed by atoms with Crippen molar-refractivity contribution in [1.82, 2.24) is 0 Å². The van der Waals surface area contributed by atoms with Gasteiger partial charge in [-0.25, -0.2) is 0 Å². The minimum Gasteiger partial charge on any atom is -0.497 e. The first-order valence-corrected chi connectivity index (χ1v) is 5.48. The lowest BCUT2D eigenvalue weighted by molar-refractivity contribution is -0.120. The number of benzene rings is 1. The monoisotopic (exact) mass is 274 g/mol. The van der Waals surface area contributed by atoms with Crippen molar-refractivity contribution in [3.8, 4) is 5.75 Å². The number of anilines is 2. The summed E-state index contributed by atoms with van der Waals surface area (Å²) in [4.78, 5) is 11.5. The molecule has 1 aromatic rings. The van der Waals surface area contributed by atoms with Gasteiger partial charge in [0.25, 0.3) is 0 Å². The first kappa shape index (κ1) is 16.5. The van der Waals surface area contributed by atoms with Crippen LogP contribution in [-0.4, -0.2) is 26.2 Å². The smallest absolute Gasteiger partial charge is 0.250 e. The number of nitrogen functional groups attached to an aromatic ring is 1. The van der Waals surface area contributed by atoms with Crippen molar-refractivity contribution in [2.24, 2.45) is 0 Å². The molecular weight excluding hydrogens is 256 g/mol. The number of methoxy groups -OCH3 is 1. The molecule has 0 unspecified atom stereocenters. The highest BCUT2D eigenvalue weighted by Crippen LogP contribution is 2.24. The molecule has 3 N–H and O–H groups in total. The minimum absolute atomic E-state index is 0. The molecule has 0 fully saturated rings. The lowest BCUT2D eigenvalue weighted by atomic mass is 10.2. The number of hydrogen-bond acceptors (Lipinski definition) is 4. The molecule has 0 saturated carbocycles.